The van der Waals surface area contributed by atoms with E-state index in [-0.39, 0.29) is 17.5 Å². The Morgan fingerprint density at radius 1 is 1.27 bits per heavy atom. The Morgan fingerprint density at radius 3 is 2.81 bits per heavy atom. The molecule has 0 radical (unpaired) electrons. The van der Waals surface area contributed by atoms with E-state index in [2.05, 4.69) is 15.1 Å². The molecule has 1 aromatic carbocycles. The fourth-order valence-electron chi connectivity index (χ4n) is 3.36. The van der Waals surface area contributed by atoms with Crippen molar-refractivity contribution in [3.05, 3.63) is 45.7 Å². The largest absolute Gasteiger partial charge is 0.332 e. The Morgan fingerprint density at radius 2 is 2.08 bits per heavy atom. The normalized spacial score (nSPS) is 14.8. The number of hydrogen-bond donors (Lipinski definition) is 0. The highest BCUT2D eigenvalue weighted by Crippen LogP contribution is 2.39. The molecule has 0 aliphatic heterocycles. The molecule has 3 heterocycles. The Hall–Kier alpha value is -2.67. The van der Waals surface area contributed by atoms with E-state index in [1.54, 1.807) is 21.4 Å². The second-order valence-corrected chi connectivity index (χ2v) is 7.38. The van der Waals surface area contributed by atoms with Crippen LogP contribution in [0, 0.1) is 0 Å². The molecule has 7 nitrogen and oxygen atoms in total. The van der Waals surface area contributed by atoms with E-state index in [9.17, 15) is 4.79 Å². The fraction of sp³-hybridized carbons (Fsp3) is 0.333. The molecule has 8 heteroatoms. The molecule has 1 fully saturated rings. The van der Waals surface area contributed by atoms with Crippen LogP contribution in [0.2, 0.25) is 5.02 Å². The summed E-state index contributed by atoms with van der Waals surface area (Å²) in [5.74, 6) is 1.34. The van der Waals surface area contributed by atoms with Crippen LogP contribution in [-0.4, -0.2) is 24.1 Å². The molecule has 1 aliphatic carbocycles. The summed E-state index contributed by atoms with van der Waals surface area (Å²) in [6, 6.07) is 5.45. The van der Waals surface area contributed by atoms with Gasteiger partial charge in [-0.3, -0.25) is 9.20 Å². The van der Waals surface area contributed by atoms with Crippen molar-refractivity contribution in [1.82, 2.24) is 24.1 Å². The van der Waals surface area contributed by atoms with Crippen molar-refractivity contribution in [2.75, 3.05) is 0 Å². The van der Waals surface area contributed by atoms with Crippen molar-refractivity contribution in [3.8, 4) is 11.6 Å². The maximum absolute atomic E-state index is 13.3. The molecular formula is C18H16ClN5O2. The third-order valence-corrected chi connectivity index (χ3v) is 4.98. The van der Waals surface area contributed by atoms with Crippen molar-refractivity contribution in [1.29, 1.82) is 0 Å². The maximum Gasteiger partial charge on any atom is 0.278 e. The summed E-state index contributed by atoms with van der Waals surface area (Å²) in [6.45, 7) is 3.94. The number of fused-ring (bicyclic) bond motifs is 3. The van der Waals surface area contributed by atoms with Crippen LogP contribution >= 0.6 is 11.6 Å². The molecule has 0 atom stereocenters. The number of hydrogen-bond acceptors (Lipinski definition) is 5. The molecule has 0 unspecified atom stereocenters. The van der Waals surface area contributed by atoms with Gasteiger partial charge in [0, 0.05) is 17.0 Å². The van der Waals surface area contributed by atoms with Gasteiger partial charge in [0.2, 0.25) is 0 Å². The van der Waals surface area contributed by atoms with E-state index in [0.717, 1.165) is 23.9 Å². The van der Waals surface area contributed by atoms with Crippen molar-refractivity contribution in [2.24, 2.45) is 0 Å². The van der Waals surface area contributed by atoms with Gasteiger partial charge < -0.3 is 9.09 Å². The first kappa shape index (κ1) is 15.6. The van der Waals surface area contributed by atoms with Crippen LogP contribution in [0.3, 0.4) is 0 Å². The summed E-state index contributed by atoms with van der Waals surface area (Å²) in [7, 11) is 0. The van der Waals surface area contributed by atoms with Crippen molar-refractivity contribution < 1.29 is 4.52 Å². The lowest BCUT2D eigenvalue weighted by Gasteiger charge is -2.15. The van der Waals surface area contributed by atoms with Gasteiger partial charge in [-0.1, -0.05) is 16.8 Å². The quantitative estimate of drug-likeness (QED) is 0.548. The lowest BCUT2D eigenvalue weighted by Crippen LogP contribution is -2.24. The summed E-state index contributed by atoms with van der Waals surface area (Å²) < 4.78 is 8.89. The summed E-state index contributed by atoms with van der Waals surface area (Å²) in [5.41, 5.74) is 2.29. The van der Waals surface area contributed by atoms with E-state index < -0.39 is 0 Å². The molecule has 132 valence electrons. The van der Waals surface area contributed by atoms with E-state index in [4.69, 9.17) is 16.1 Å². The Labute approximate surface area is 153 Å². The zero-order valence-electron chi connectivity index (χ0n) is 14.3. The van der Waals surface area contributed by atoms with Gasteiger partial charge in [-0.05, 0) is 44.9 Å². The molecule has 3 aromatic heterocycles. The number of benzene rings is 1. The van der Waals surface area contributed by atoms with Gasteiger partial charge in [-0.15, -0.1) is 0 Å². The topological polar surface area (TPSA) is 78.2 Å². The SMILES string of the molecule is CC(C)n1c(=O)c2c(-c3nc(C4CC4)no3)ncn2c2cc(Cl)ccc21. The van der Waals surface area contributed by atoms with Gasteiger partial charge in [0.1, 0.15) is 11.8 Å². The number of halogens is 1. The second kappa shape index (κ2) is 5.41. The van der Waals surface area contributed by atoms with E-state index >= 15 is 0 Å². The lowest BCUT2D eigenvalue weighted by atomic mass is 10.2. The highest BCUT2D eigenvalue weighted by atomic mass is 35.5. The summed E-state index contributed by atoms with van der Waals surface area (Å²) in [4.78, 5) is 22.1. The molecule has 1 saturated carbocycles. The third kappa shape index (κ3) is 2.20. The standard InChI is InChI=1S/C18H16ClN5O2/c1-9(2)24-12-6-5-11(19)7-13(12)23-8-20-14(15(23)18(24)25)17-21-16(22-26-17)10-3-4-10/h5-10H,3-4H2,1-2H3. The van der Waals surface area contributed by atoms with E-state index in [1.165, 1.54) is 0 Å². The molecule has 1 aliphatic rings. The minimum atomic E-state index is -0.145. The van der Waals surface area contributed by atoms with Crippen LogP contribution < -0.4 is 5.56 Å². The van der Waals surface area contributed by atoms with Crippen molar-refractivity contribution in [2.45, 2.75) is 38.6 Å². The van der Waals surface area contributed by atoms with Crippen LogP contribution in [0.5, 0.6) is 0 Å². The fourth-order valence-corrected chi connectivity index (χ4v) is 3.53. The minimum Gasteiger partial charge on any atom is -0.332 e. The molecule has 0 saturated heterocycles. The predicted octanol–water partition coefficient (Wildman–Crippen LogP) is 3.81. The van der Waals surface area contributed by atoms with Crippen LogP contribution in [0.1, 0.15) is 44.5 Å². The Balaban J connectivity index is 1.86. The average molecular weight is 370 g/mol. The molecular weight excluding hydrogens is 354 g/mol. The number of aromatic nitrogens is 5. The summed E-state index contributed by atoms with van der Waals surface area (Å²) in [6.07, 6.45) is 3.76. The first-order chi connectivity index (χ1) is 12.5. The maximum atomic E-state index is 13.3. The predicted molar refractivity (Wildman–Crippen MR) is 97.6 cm³/mol. The zero-order chi connectivity index (χ0) is 18.0. The monoisotopic (exact) mass is 369 g/mol. The Bertz CT molecular complexity index is 1220. The smallest absolute Gasteiger partial charge is 0.278 e. The van der Waals surface area contributed by atoms with Gasteiger partial charge >= 0.3 is 0 Å². The van der Waals surface area contributed by atoms with Gasteiger partial charge in [-0.2, -0.15) is 4.98 Å². The van der Waals surface area contributed by atoms with Crippen LogP contribution in [-0.2, 0) is 0 Å². The van der Waals surface area contributed by atoms with Crippen molar-refractivity contribution >= 4 is 28.2 Å². The molecule has 26 heavy (non-hydrogen) atoms. The molecule has 0 spiro atoms. The van der Waals surface area contributed by atoms with Gasteiger partial charge in [-0.25, -0.2) is 4.98 Å². The number of rotatable bonds is 3. The van der Waals surface area contributed by atoms with E-state index in [0.29, 0.717) is 28.0 Å². The number of imidazole rings is 1. The Kier molecular flexibility index (Phi) is 3.24. The molecule has 0 bridgehead atoms. The first-order valence-corrected chi connectivity index (χ1v) is 8.97. The van der Waals surface area contributed by atoms with Gasteiger partial charge in [0.05, 0.1) is 11.0 Å². The summed E-state index contributed by atoms with van der Waals surface area (Å²) in [5, 5.41) is 4.63. The second-order valence-electron chi connectivity index (χ2n) is 6.95. The molecule has 0 N–H and O–H groups in total. The number of nitrogens with zero attached hydrogens (tertiary/aromatic N) is 5. The first-order valence-electron chi connectivity index (χ1n) is 8.59. The van der Waals surface area contributed by atoms with Crippen molar-refractivity contribution in [3.63, 3.8) is 0 Å². The van der Waals surface area contributed by atoms with E-state index in [1.807, 2.05) is 26.0 Å². The highest BCUT2D eigenvalue weighted by molar-refractivity contribution is 6.31. The molecule has 0 amide bonds. The van der Waals surface area contributed by atoms with Gasteiger partial charge in [0.15, 0.2) is 11.5 Å². The summed E-state index contributed by atoms with van der Waals surface area (Å²) >= 11 is 6.20. The molecule has 5 rings (SSSR count). The van der Waals surface area contributed by atoms with Crippen LogP contribution in [0.15, 0.2) is 33.8 Å². The lowest BCUT2D eigenvalue weighted by molar-refractivity contribution is 0.422. The van der Waals surface area contributed by atoms with Crippen LogP contribution in [0.25, 0.3) is 28.1 Å². The molecule has 4 aromatic rings. The van der Waals surface area contributed by atoms with Crippen LogP contribution in [0.4, 0.5) is 0 Å². The zero-order valence-corrected chi connectivity index (χ0v) is 15.1. The highest BCUT2D eigenvalue weighted by Gasteiger charge is 2.30. The minimum absolute atomic E-state index is 0.0244. The average Bonchev–Trinajstić information content (AvgIpc) is 3.17. The van der Waals surface area contributed by atoms with Gasteiger partial charge in [0.25, 0.3) is 11.4 Å². The third-order valence-electron chi connectivity index (χ3n) is 4.75.